The highest BCUT2D eigenvalue weighted by atomic mass is 32.3. The highest BCUT2D eigenvalue weighted by molar-refractivity contribution is 8.15. The molecule has 10 heavy (non-hydrogen) atoms. The number of nitrogens with two attached hydrogens (primary N) is 1. The zero-order chi connectivity index (χ0) is 7.83. The summed E-state index contributed by atoms with van der Waals surface area (Å²) in [7, 11) is -3.40. The van der Waals surface area contributed by atoms with Gasteiger partial charge in [-0.15, -0.1) is 11.8 Å². The Morgan fingerprint density at radius 3 is 2.50 bits per heavy atom. The van der Waals surface area contributed by atoms with Gasteiger partial charge in [0.15, 0.2) is 0 Å². The third kappa shape index (κ3) is 1.21. The van der Waals surface area contributed by atoms with E-state index in [1.54, 1.807) is 12.3 Å². The molecule has 0 amide bonds. The fourth-order valence-corrected chi connectivity index (χ4v) is 2.39. The van der Waals surface area contributed by atoms with Gasteiger partial charge in [0, 0.05) is 0 Å². The van der Waals surface area contributed by atoms with Crippen molar-refractivity contribution in [3.05, 3.63) is 11.5 Å². The summed E-state index contributed by atoms with van der Waals surface area (Å²) in [4.78, 5) is 0. The summed E-state index contributed by atoms with van der Waals surface area (Å²) >= 11 is 1.26. The maximum Gasteiger partial charge on any atom is 0.224 e. The lowest BCUT2D eigenvalue weighted by atomic mass is 10.3. The van der Waals surface area contributed by atoms with Crippen molar-refractivity contribution >= 4 is 21.8 Å². The third-order valence-corrected chi connectivity index (χ3v) is 4.85. The molecule has 0 aromatic carbocycles. The number of hydrogen-bond acceptors (Lipinski definition) is 3. The first-order chi connectivity index (χ1) is 4.46. The normalized spacial score (nSPS) is 33.0. The maximum atomic E-state index is 10.9. The fraction of sp³-hybridized carbons (Fsp3) is 0.600. The van der Waals surface area contributed by atoms with Crippen LogP contribution in [0.2, 0.25) is 0 Å². The molecule has 0 fully saturated rings. The van der Waals surface area contributed by atoms with Gasteiger partial charge < -0.3 is 0 Å². The van der Waals surface area contributed by atoms with Gasteiger partial charge in [0.2, 0.25) is 10.0 Å². The van der Waals surface area contributed by atoms with Crippen LogP contribution in [0, 0.1) is 0 Å². The van der Waals surface area contributed by atoms with Crippen molar-refractivity contribution in [2.24, 2.45) is 5.14 Å². The van der Waals surface area contributed by atoms with Crippen molar-refractivity contribution in [1.29, 1.82) is 0 Å². The van der Waals surface area contributed by atoms with Crippen molar-refractivity contribution in [2.45, 2.75) is 17.4 Å². The second-order valence-corrected chi connectivity index (χ2v) is 6.03. The molecule has 0 bridgehead atoms. The first-order valence-electron chi connectivity index (χ1n) is 2.81. The third-order valence-electron chi connectivity index (χ3n) is 1.50. The van der Waals surface area contributed by atoms with Gasteiger partial charge in [-0.3, -0.25) is 0 Å². The van der Waals surface area contributed by atoms with Crippen LogP contribution >= 0.6 is 11.8 Å². The number of rotatable bonds is 1. The molecular formula is C5H9NO2S2. The number of primary sulfonamides is 1. The smallest absolute Gasteiger partial charge is 0.224 e. The molecule has 1 rings (SSSR count). The van der Waals surface area contributed by atoms with E-state index in [4.69, 9.17) is 5.14 Å². The van der Waals surface area contributed by atoms with Crippen molar-refractivity contribution in [3.63, 3.8) is 0 Å². The Bertz CT molecular complexity index is 247. The molecule has 1 heterocycles. The van der Waals surface area contributed by atoms with Gasteiger partial charge in [0.05, 0.1) is 0 Å². The van der Waals surface area contributed by atoms with Crippen LogP contribution in [-0.2, 0) is 10.0 Å². The average Bonchev–Trinajstić information content (AvgIpc) is 2.13. The molecule has 0 spiro atoms. The van der Waals surface area contributed by atoms with Crippen LogP contribution in [0.1, 0.15) is 13.3 Å². The summed E-state index contributed by atoms with van der Waals surface area (Å²) in [6.07, 6.45) is 2.32. The highest BCUT2D eigenvalue weighted by Gasteiger charge is 2.37. The molecule has 5 heteroatoms. The molecule has 2 N–H and O–H groups in total. The van der Waals surface area contributed by atoms with E-state index in [2.05, 4.69) is 0 Å². The topological polar surface area (TPSA) is 60.2 Å². The summed E-state index contributed by atoms with van der Waals surface area (Å²) in [6, 6.07) is 0. The van der Waals surface area contributed by atoms with Crippen LogP contribution in [0.3, 0.4) is 0 Å². The predicted octanol–water partition coefficient (Wildman–Crippen LogP) is 0.642. The second kappa shape index (κ2) is 2.25. The number of thioether (sulfide) groups is 1. The van der Waals surface area contributed by atoms with E-state index in [-0.39, 0.29) is 0 Å². The van der Waals surface area contributed by atoms with Gasteiger partial charge in [0.25, 0.3) is 0 Å². The molecule has 0 radical (unpaired) electrons. The van der Waals surface area contributed by atoms with Gasteiger partial charge in [-0.25, -0.2) is 13.6 Å². The van der Waals surface area contributed by atoms with Gasteiger partial charge >= 0.3 is 0 Å². The lowest BCUT2D eigenvalue weighted by Gasteiger charge is -2.18. The van der Waals surface area contributed by atoms with Gasteiger partial charge in [-0.1, -0.05) is 6.08 Å². The summed E-state index contributed by atoms with van der Waals surface area (Å²) in [5, 5.41) is 6.75. The monoisotopic (exact) mass is 179 g/mol. The summed E-state index contributed by atoms with van der Waals surface area (Å²) in [5.74, 6) is 0. The van der Waals surface area contributed by atoms with Gasteiger partial charge in [-0.05, 0) is 18.8 Å². The van der Waals surface area contributed by atoms with E-state index in [1.807, 2.05) is 6.08 Å². The zero-order valence-electron chi connectivity index (χ0n) is 5.57. The molecule has 0 aromatic rings. The van der Waals surface area contributed by atoms with Gasteiger partial charge in [-0.2, -0.15) is 0 Å². The van der Waals surface area contributed by atoms with Crippen LogP contribution in [0.15, 0.2) is 11.5 Å². The SMILES string of the molecule is CC1(S(N)(=O)=O)CC=CS1. The zero-order valence-corrected chi connectivity index (χ0v) is 7.21. The summed E-state index contributed by atoms with van der Waals surface area (Å²) < 4.78 is 20.9. The number of sulfonamides is 1. The van der Waals surface area contributed by atoms with E-state index in [0.717, 1.165) is 0 Å². The minimum absolute atomic E-state index is 0.510. The lowest BCUT2D eigenvalue weighted by molar-refractivity contribution is 0.580. The maximum absolute atomic E-state index is 10.9. The minimum Gasteiger partial charge on any atom is -0.228 e. The molecule has 1 unspecified atom stereocenters. The van der Waals surface area contributed by atoms with E-state index in [0.29, 0.717) is 6.42 Å². The first kappa shape index (κ1) is 8.10. The van der Waals surface area contributed by atoms with Crippen LogP contribution in [-0.4, -0.2) is 12.5 Å². The molecule has 58 valence electrons. The van der Waals surface area contributed by atoms with Crippen molar-refractivity contribution < 1.29 is 8.42 Å². The Hall–Kier alpha value is -0.0000000000000000555. The van der Waals surface area contributed by atoms with E-state index in [9.17, 15) is 8.42 Å². The Morgan fingerprint density at radius 2 is 2.30 bits per heavy atom. The second-order valence-electron chi connectivity index (χ2n) is 2.37. The Labute approximate surface area is 64.7 Å². The van der Waals surface area contributed by atoms with Crippen LogP contribution in [0.4, 0.5) is 0 Å². The average molecular weight is 179 g/mol. The lowest BCUT2D eigenvalue weighted by Crippen LogP contribution is -2.35. The van der Waals surface area contributed by atoms with E-state index in [1.165, 1.54) is 11.8 Å². The first-order valence-corrected chi connectivity index (χ1v) is 5.23. The minimum atomic E-state index is -3.40. The highest BCUT2D eigenvalue weighted by Crippen LogP contribution is 2.38. The van der Waals surface area contributed by atoms with Crippen LogP contribution in [0.5, 0.6) is 0 Å². The Morgan fingerprint density at radius 1 is 1.70 bits per heavy atom. The quantitative estimate of drug-likeness (QED) is 0.642. The molecular weight excluding hydrogens is 170 g/mol. The van der Waals surface area contributed by atoms with Gasteiger partial charge in [0.1, 0.15) is 4.08 Å². The predicted molar refractivity (Wildman–Crippen MR) is 42.9 cm³/mol. The van der Waals surface area contributed by atoms with Crippen LogP contribution < -0.4 is 5.14 Å². The summed E-state index contributed by atoms with van der Waals surface area (Å²) in [5.41, 5.74) is 0. The standard InChI is InChI=1S/C5H9NO2S2/c1-5(10(6,7)8)3-2-4-9-5/h2,4H,3H2,1H3,(H2,6,7,8). The van der Waals surface area contributed by atoms with Crippen molar-refractivity contribution in [3.8, 4) is 0 Å². The molecule has 1 atom stereocenters. The molecule has 0 saturated carbocycles. The largest absolute Gasteiger partial charge is 0.228 e. The van der Waals surface area contributed by atoms with Crippen molar-refractivity contribution in [2.75, 3.05) is 0 Å². The van der Waals surface area contributed by atoms with E-state index >= 15 is 0 Å². The van der Waals surface area contributed by atoms with Crippen molar-refractivity contribution in [1.82, 2.24) is 0 Å². The molecule has 0 aromatic heterocycles. The Kier molecular flexibility index (Phi) is 1.82. The molecule has 1 aliphatic rings. The number of allylic oxidation sites excluding steroid dienone is 1. The number of hydrogen-bond donors (Lipinski definition) is 1. The van der Waals surface area contributed by atoms with Crippen LogP contribution in [0.25, 0.3) is 0 Å². The molecule has 0 aliphatic carbocycles. The molecule has 1 aliphatic heterocycles. The molecule has 3 nitrogen and oxygen atoms in total. The molecule has 0 saturated heterocycles. The van der Waals surface area contributed by atoms with E-state index < -0.39 is 14.1 Å². The fourth-order valence-electron chi connectivity index (χ4n) is 0.686. The summed E-state index contributed by atoms with van der Waals surface area (Å²) in [6.45, 7) is 1.63. The Balaban J connectivity index is 2.92.